The molecule has 1 aliphatic carbocycles. The molecule has 1 saturated carbocycles. The van der Waals surface area contributed by atoms with Crippen LogP contribution in [0.4, 0.5) is 0 Å². The van der Waals surface area contributed by atoms with Crippen LogP contribution < -0.4 is 11.1 Å². The van der Waals surface area contributed by atoms with Crippen molar-refractivity contribution in [3.63, 3.8) is 0 Å². The van der Waals surface area contributed by atoms with Crippen molar-refractivity contribution >= 4 is 29.1 Å². The number of hydrogen-bond donors (Lipinski definition) is 2. The van der Waals surface area contributed by atoms with E-state index in [1.165, 1.54) is 0 Å². The first-order valence-electron chi connectivity index (χ1n) is 8.99. The zero-order valence-corrected chi connectivity index (χ0v) is 15.1. The minimum absolute atomic E-state index is 0.00384. The van der Waals surface area contributed by atoms with Gasteiger partial charge in [0.1, 0.15) is 12.1 Å². The highest BCUT2D eigenvalue weighted by Crippen LogP contribution is 2.26. The number of thiophene rings is 1. The van der Waals surface area contributed by atoms with Crippen molar-refractivity contribution < 1.29 is 14.4 Å². The van der Waals surface area contributed by atoms with E-state index in [1.54, 1.807) is 16.2 Å². The number of likely N-dealkylation sites (tertiary alicyclic amines) is 1. The average molecular weight is 363 g/mol. The zero-order chi connectivity index (χ0) is 17.8. The Hall–Kier alpha value is -1.89. The van der Waals surface area contributed by atoms with E-state index in [4.69, 9.17) is 5.73 Å². The first-order chi connectivity index (χ1) is 12.1. The third kappa shape index (κ3) is 4.21. The summed E-state index contributed by atoms with van der Waals surface area (Å²) in [4.78, 5) is 39.8. The summed E-state index contributed by atoms with van der Waals surface area (Å²) in [5, 5.41) is 4.91. The topological polar surface area (TPSA) is 92.5 Å². The predicted octanol–water partition coefficient (Wildman–Crippen LogP) is 1.44. The molecule has 7 heteroatoms. The van der Waals surface area contributed by atoms with E-state index in [1.807, 2.05) is 17.5 Å². The van der Waals surface area contributed by atoms with Gasteiger partial charge < -0.3 is 16.0 Å². The van der Waals surface area contributed by atoms with Crippen LogP contribution in [0.3, 0.4) is 0 Å². The quantitative estimate of drug-likeness (QED) is 0.801. The molecule has 0 unspecified atom stereocenters. The highest BCUT2D eigenvalue weighted by molar-refractivity contribution is 7.09. The van der Waals surface area contributed by atoms with Crippen LogP contribution in [0.15, 0.2) is 17.5 Å². The van der Waals surface area contributed by atoms with Crippen molar-refractivity contribution in [3.05, 3.63) is 22.4 Å². The van der Waals surface area contributed by atoms with Gasteiger partial charge in [0.05, 0.1) is 0 Å². The molecule has 3 amide bonds. The maximum absolute atomic E-state index is 13.0. The third-order valence-electron chi connectivity index (χ3n) is 5.19. The number of hydrogen-bond acceptors (Lipinski definition) is 4. The standard InChI is InChI=1S/C18H25N3O3S/c19-16(22)15-8-3-9-21(15)18(24)14(11-13-7-4-10-25-13)20-17(23)12-5-1-2-6-12/h4,7,10,12,14-15H,1-3,5-6,8-9,11H2,(H2,19,22)(H,20,23)/t14-,15-/m0/s1. The summed E-state index contributed by atoms with van der Waals surface area (Å²) in [6.45, 7) is 0.521. The van der Waals surface area contributed by atoms with Gasteiger partial charge >= 0.3 is 0 Å². The van der Waals surface area contributed by atoms with Crippen LogP contribution in [0.2, 0.25) is 0 Å². The fraction of sp³-hybridized carbons (Fsp3) is 0.611. The third-order valence-corrected chi connectivity index (χ3v) is 6.09. The van der Waals surface area contributed by atoms with Gasteiger partial charge in [-0.3, -0.25) is 14.4 Å². The lowest BCUT2D eigenvalue weighted by atomic mass is 10.0. The Morgan fingerprint density at radius 2 is 2.00 bits per heavy atom. The number of nitrogens with two attached hydrogens (primary N) is 1. The molecular formula is C18H25N3O3S. The summed E-state index contributed by atoms with van der Waals surface area (Å²) in [5.74, 6) is -0.699. The van der Waals surface area contributed by atoms with Gasteiger partial charge in [-0.1, -0.05) is 18.9 Å². The maximum atomic E-state index is 13.0. The lowest BCUT2D eigenvalue weighted by Gasteiger charge is -2.28. The average Bonchev–Trinajstić information content (AvgIpc) is 3.33. The summed E-state index contributed by atoms with van der Waals surface area (Å²) in [6, 6.07) is 2.71. The Morgan fingerprint density at radius 3 is 2.64 bits per heavy atom. The molecule has 25 heavy (non-hydrogen) atoms. The van der Waals surface area contributed by atoms with Crippen LogP contribution in [0.5, 0.6) is 0 Å². The Bertz CT molecular complexity index is 626. The van der Waals surface area contributed by atoms with Crippen molar-refractivity contribution in [1.29, 1.82) is 0 Å². The largest absolute Gasteiger partial charge is 0.368 e. The van der Waals surface area contributed by atoms with E-state index >= 15 is 0 Å². The van der Waals surface area contributed by atoms with Gasteiger partial charge in [-0.25, -0.2) is 0 Å². The molecule has 3 rings (SSSR count). The molecule has 0 spiro atoms. The highest BCUT2D eigenvalue weighted by atomic mass is 32.1. The molecule has 1 saturated heterocycles. The number of primary amides is 1. The molecule has 1 aromatic rings. The summed E-state index contributed by atoms with van der Waals surface area (Å²) in [6.07, 6.45) is 5.73. The van der Waals surface area contributed by atoms with Gasteiger partial charge in [-0.2, -0.15) is 0 Å². The first kappa shape index (κ1) is 17.9. The number of nitrogens with one attached hydrogen (secondary N) is 1. The van der Waals surface area contributed by atoms with Crippen LogP contribution in [0.1, 0.15) is 43.4 Å². The number of amides is 3. The lowest BCUT2D eigenvalue weighted by Crippen LogP contribution is -2.54. The van der Waals surface area contributed by atoms with Crippen LogP contribution in [-0.2, 0) is 20.8 Å². The minimum atomic E-state index is -0.633. The Balaban J connectivity index is 1.73. The second-order valence-corrected chi connectivity index (χ2v) is 7.95. The molecular weight excluding hydrogens is 338 g/mol. The van der Waals surface area contributed by atoms with Crippen molar-refractivity contribution in [1.82, 2.24) is 10.2 Å². The van der Waals surface area contributed by atoms with Gasteiger partial charge in [0.2, 0.25) is 17.7 Å². The fourth-order valence-corrected chi connectivity index (χ4v) is 4.59. The van der Waals surface area contributed by atoms with E-state index in [2.05, 4.69) is 5.32 Å². The highest BCUT2D eigenvalue weighted by Gasteiger charge is 2.37. The monoisotopic (exact) mass is 363 g/mol. The van der Waals surface area contributed by atoms with E-state index in [0.717, 1.165) is 37.0 Å². The molecule has 2 atom stereocenters. The molecule has 136 valence electrons. The van der Waals surface area contributed by atoms with Gasteiger partial charge in [0.15, 0.2) is 0 Å². The molecule has 3 N–H and O–H groups in total. The summed E-state index contributed by atoms with van der Waals surface area (Å²) >= 11 is 1.56. The second-order valence-electron chi connectivity index (χ2n) is 6.92. The van der Waals surface area contributed by atoms with Crippen LogP contribution in [-0.4, -0.2) is 41.2 Å². The molecule has 2 heterocycles. The van der Waals surface area contributed by atoms with Crippen molar-refractivity contribution in [3.8, 4) is 0 Å². The lowest BCUT2D eigenvalue weighted by molar-refractivity contribution is -0.141. The van der Waals surface area contributed by atoms with Gasteiger partial charge in [-0.05, 0) is 37.1 Å². The molecule has 0 bridgehead atoms. The SMILES string of the molecule is NC(=O)[C@@H]1CCCN1C(=O)[C@H](Cc1cccs1)NC(=O)C1CCCC1. The fourth-order valence-electron chi connectivity index (χ4n) is 3.83. The number of nitrogens with zero attached hydrogens (tertiary/aromatic N) is 1. The zero-order valence-electron chi connectivity index (χ0n) is 14.3. The predicted molar refractivity (Wildman–Crippen MR) is 95.8 cm³/mol. The molecule has 1 aromatic heterocycles. The Morgan fingerprint density at radius 1 is 1.24 bits per heavy atom. The van der Waals surface area contributed by atoms with Crippen molar-refractivity contribution in [2.75, 3.05) is 6.54 Å². The number of rotatable bonds is 6. The maximum Gasteiger partial charge on any atom is 0.246 e. The molecule has 0 radical (unpaired) electrons. The van der Waals surface area contributed by atoms with E-state index < -0.39 is 18.0 Å². The van der Waals surface area contributed by atoms with Crippen molar-refractivity contribution in [2.24, 2.45) is 11.7 Å². The molecule has 0 aromatic carbocycles. The smallest absolute Gasteiger partial charge is 0.246 e. The minimum Gasteiger partial charge on any atom is -0.368 e. The summed E-state index contributed by atoms with van der Waals surface area (Å²) in [5.41, 5.74) is 5.44. The molecule has 1 aliphatic heterocycles. The van der Waals surface area contributed by atoms with Gasteiger partial charge in [0, 0.05) is 23.8 Å². The Labute approximate surface area is 151 Å². The van der Waals surface area contributed by atoms with Crippen LogP contribution >= 0.6 is 11.3 Å². The second kappa shape index (κ2) is 7.99. The normalized spacial score (nSPS) is 22.1. The van der Waals surface area contributed by atoms with E-state index in [0.29, 0.717) is 19.4 Å². The molecule has 2 aliphatic rings. The number of carbonyl (C=O) groups is 3. The number of carbonyl (C=O) groups excluding carboxylic acids is 3. The molecule has 6 nitrogen and oxygen atoms in total. The van der Waals surface area contributed by atoms with Crippen molar-refractivity contribution in [2.45, 2.75) is 57.0 Å². The van der Waals surface area contributed by atoms with Gasteiger partial charge in [0.25, 0.3) is 0 Å². The Kier molecular flexibility index (Phi) is 5.73. The molecule has 2 fully saturated rings. The first-order valence-corrected chi connectivity index (χ1v) is 9.87. The summed E-state index contributed by atoms with van der Waals surface area (Å²) in [7, 11) is 0. The van der Waals surface area contributed by atoms with Gasteiger partial charge in [-0.15, -0.1) is 11.3 Å². The summed E-state index contributed by atoms with van der Waals surface area (Å²) < 4.78 is 0. The van der Waals surface area contributed by atoms with E-state index in [9.17, 15) is 14.4 Å². The van der Waals surface area contributed by atoms with Crippen LogP contribution in [0.25, 0.3) is 0 Å². The van der Waals surface area contributed by atoms with E-state index in [-0.39, 0.29) is 17.7 Å². The van der Waals surface area contributed by atoms with Crippen LogP contribution in [0, 0.1) is 5.92 Å².